The monoisotopic (exact) mass is 906 g/mol. The second kappa shape index (κ2) is 22.2. The Bertz CT molecular complexity index is 2240. The molecule has 7 unspecified atom stereocenters. The van der Waals surface area contributed by atoms with Crippen molar-refractivity contribution in [3.63, 3.8) is 0 Å². The molecule has 0 radical (unpaired) electrons. The molecular weight excluding hydrogens is 845 g/mol. The zero-order valence-corrected chi connectivity index (χ0v) is 37.6. The van der Waals surface area contributed by atoms with Crippen LogP contribution >= 0.6 is 0 Å². The maximum Gasteiger partial charge on any atom is 0.410 e. The summed E-state index contributed by atoms with van der Waals surface area (Å²) >= 11 is 0. The quantitative estimate of drug-likeness (QED) is 0.0426. The summed E-state index contributed by atoms with van der Waals surface area (Å²) in [6.45, 7) is 9.00. The zero-order valence-electron chi connectivity index (χ0n) is 37.6. The van der Waals surface area contributed by atoms with Gasteiger partial charge in [0.25, 0.3) is 0 Å². The standard InChI is InChI=1S/C52H62N2O12/c1-3-5-25-60-51(58)54(32-35-18-20-45-46(28-35)62-34-61-45)47-31-43(53-66-48-17-8-11-26-59-48)41-29-37(14-6-9-22-55)40(16-7-10-23-56)49-42-30-39(64-38-15-12-13-36(27-38)33-57)19-21-44(42)65-52(47,50(41)49)63-24-4-2/h3-4,12-13,15,18-21,27-30,33,37,40,47-50,55-56H,1-2,5-11,14,16-17,22-26,31-32,34H2. The number of amides is 1. The van der Waals surface area contributed by atoms with Crippen LogP contribution in [-0.2, 0) is 25.6 Å². The van der Waals surface area contributed by atoms with Crippen molar-refractivity contribution in [2.24, 2.45) is 22.9 Å². The maximum atomic E-state index is 14.8. The Kier molecular flexibility index (Phi) is 15.8. The molecule has 5 aliphatic rings. The van der Waals surface area contributed by atoms with Gasteiger partial charge in [0, 0.05) is 49.6 Å². The number of ether oxygens (including phenoxy) is 7. The molecule has 2 N–H and O–H groups in total. The third-order valence-corrected chi connectivity index (χ3v) is 13.2. The number of fused-ring (bicyclic) bond motifs is 3. The van der Waals surface area contributed by atoms with Crippen LogP contribution in [0.3, 0.4) is 0 Å². The number of hydrogen-bond acceptors (Lipinski definition) is 13. The minimum Gasteiger partial charge on any atom is -0.459 e. The number of aliphatic hydroxyl groups excluding tert-OH is 2. The number of aldehydes is 1. The van der Waals surface area contributed by atoms with Gasteiger partial charge in [-0.15, -0.1) is 13.2 Å². The van der Waals surface area contributed by atoms with E-state index >= 15 is 0 Å². The summed E-state index contributed by atoms with van der Waals surface area (Å²) in [5.74, 6) is 0.420. The fourth-order valence-corrected chi connectivity index (χ4v) is 10.3. The highest BCUT2D eigenvalue weighted by molar-refractivity contribution is 6.03. The fraction of sp³-hybridized carbons (Fsp3) is 0.481. The molecule has 1 amide bonds. The lowest BCUT2D eigenvalue weighted by molar-refractivity contribution is -0.256. The number of benzene rings is 3. The summed E-state index contributed by atoms with van der Waals surface area (Å²) < 4.78 is 44.5. The molecule has 3 aromatic carbocycles. The lowest BCUT2D eigenvalue weighted by atomic mass is 9.55. The van der Waals surface area contributed by atoms with Gasteiger partial charge < -0.3 is 48.2 Å². The van der Waals surface area contributed by atoms with Crippen molar-refractivity contribution >= 4 is 18.1 Å². The van der Waals surface area contributed by atoms with Crippen LogP contribution in [0.5, 0.6) is 28.7 Å². The first-order valence-electron chi connectivity index (χ1n) is 23.4. The minimum atomic E-state index is -1.53. The van der Waals surface area contributed by atoms with Crippen molar-refractivity contribution in [1.29, 1.82) is 0 Å². The lowest BCUT2D eigenvalue weighted by Crippen LogP contribution is -2.70. The Morgan fingerprint density at radius 2 is 1.74 bits per heavy atom. The largest absolute Gasteiger partial charge is 0.459 e. The maximum absolute atomic E-state index is 14.8. The molecule has 2 fully saturated rings. The van der Waals surface area contributed by atoms with E-state index in [0.29, 0.717) is 72.3 Å². The van der Waals surface area contributed by atoms with Crippen LogP contribution in [0.2, 0.25) is 0 Å². The molecule has 0 bridgehead atoms. The van der Waals surface area contributed by atoms with Crippen molar-refractivity contribution in [3.8, 4) is 28.7 Å². The number of aliphatic hydroxyl groups is 2. The van der Waals surface area contributed by atoms with Gasteiger partial charge in [0.2, 0.25) is 18.9 Å². The summed E-state index contributed by atoms with van der Waals surface area (Å²) in [4.78, 5) is 34.6. The Labute approximate surface area is 386 Å². The number of nitrogens with zero attached hydrogens (tertiary/aromatic N) is 2. The molecule has 14 nitrogen and oxygen atoms in total. The molecule has 3 aliphatic heterocycles. The van der Waals surface area contributed by atoms with Crippen LogP contribution in [0, 0.1) is 17.8 Å². The van der Waals surface area contributed by atoms with Gasteiger partial charge in [-0.05, 0) is 110 Å². The highest BCUT2D eigenvalue weighted by atomic mass is 16.8. The summed E-state index contributed by atoms with van der Waals surface area (Å²) in [7, 11) is 0. The number of rotatable bonds is 22. The van der Waals surface area contributed by atoms with E-state index in [0.717, 1.165) is 61.5 Å². The van der Waals surface area contributed by atoms with Crippen molar-refractivity contribution in [2.45, 2.75) is 101 Å². The number of unbranched alkanes of at least 4 members (excludes halogenated alkanes) is 2. The number of carbonyl (C=O) groups is 2. The molecule has 1 saturated heterocycles. The van der Waals surface area contributed by atoms with Crippen LogP contribution in [0.4, 0.5) is 4.79 Å². The van der Waals surface area contributed by atoms with Crippen molar-refractivity contribution in [1.82, 2.24) is 4.90 Å². The van der Waals surface area contributed by atoms with Crippen LogP contribution in [-0.4, -0.2) is 91.2 Å². The molecule has 66 heavy (non-hydrogen) atoms. The fourth-order valence-electron chi connectivity index (χ4n) is 10.3. The molecule has 14 heteroatoms. The summed E-state index contributed by atoms with van der Waals surface area (Å²) in [6, 6.07) is 17.5. The number of oxime groups is 1. The Balaban J connectivity index is 1.33. The zero-order chi connectivity index (χ0) is 45.9. The minimum absolute atomic E-state index is 0.0172. The summed E-state index contributed by atoms with van der Waals surface area (Å²) in [5.41, 5.74) is 3.68. The Morgan fingerprint density at radius 1 is 0.924 bits per heavy atom. The summed E-state index contributed by atoms with van der Waals surface area (Å²) in [6.07, 6.45) is 12.9. The molecular formula is C52H62N2O12. The molecule has 0 aromatic heterocycles. The molecule has 7 atom stereocenters. The third kappa shape index (κ3) is 10.3. The lowest BCUT2D eigenvalue weighted by Gasteiger charge is -2.59. The Morgan fingerprint density at radius 3 is 2.53 bits per heavy atom. The molecule has 3 aromatic rings. The summed E-state index contributed by atoms with van der Waals surface area (Å²) in [5, 5.41) is 25.0. The number of hydrogen-bond donors (Lipinski definition) is 2. The molecule has 1 saturated carbocycles. The molecule has 2 aliphatic carbocycles. The average molecular weight is 907 g/mol. The highest BCUT2D eigenvalue weighted by Gasteiger charge is 2.66. The number of carbonyl (C=O) groups excluding carboxylic acids is 2. The smallest absolute Gasteiger partial charge is 0.410 e. The van der Waals surface area contributed by atoms with Gasteiger partial charge in [-0.3, -0.25) is 9.69 Å². The van der Waals surface area contributed by atoms with Gasteiger partial charge in [-0.2, -0.15) is 0 Å². The van der Waals surface area contributed by atoms with Gasteiger partial charge in [0.15, 0.2) is 11.5 Å². The van der Waals surface area contributed by atoms with E-state index in [4.69, 9.17) is 43.2 Å². The SMILES string of the molecule is C=CCCOC(=O)N(Cc1ccc2c(c1)OCO2)C1CC(=NOC2CCCCO2)C2=CC(CCCCO)C(CCCCO)C3c4cc(Oc5cccc(C=O)c5)ccc4OC1(OCC=C)C23. The predicted octanol–water partition coefficient (Wildman–Crippen LogP) is 9.40. The van der Waals surface area contributed by atoms with E-state index in [9.17, 15) is 19.8 Å². The second-order valence-corrected chi connectivity index (χ2v) is 17.5. The normalized spacial score (nSPS) is 25.4. The molecule has 0 spiro atoms. The topological polar surface area (TPSA) is 164 Å². The van der Waals surface area contributed by atoms with Gasteiger partial charge in [0.1, 0.15) is 29.6 Å². The number of allylic oxidation sites excluding steroid dienone is 1. The molecule has 8 rings (SSSR count). The third-order valence-electron chi connectivity index (χ3n) is 13.2. The van der Waals surface area contributed by atoms with Crippen molar-refractivity contribution in [2.75, 3.05) is 39.8 Å². The van der Waals surface area contributed by atoms with E-state index < -0.39 is 30.1 Å². The van der Waals surface area contributed by atoms with E-state index in [2.05, 4.69) is 19.2 Å². The highest BCUT2D eigenvalue weighted by Crippen LogP contribution is 2.62. The van der Waals surface area contributed by atoms with Crippen LogP contribution in [0.15, 0.2) is 103 Å². The van der Waals surface area contributed by atoms with Crippen molar-refractivity contribution < 1.29 is 57.8 Å². The van der Waals surface area contributed by atoms with E-state index in [1.54, 1.807) is 41.3 Å². The van der Waals surface area contributed by atoms with Crippen LogP contribution in [0.25, 0.3) is 0 Å². The van der Waals surface area contributed by atoms with E-state index in [-0.39, 0.29) is 63.9 Å². The van der Waals surface area contributed by atoms with Crippen molar-refractivity contribution in [3.05, 3.63) is 114 Å². The van der Waals surface area contributed by atoms with Gasteiger partial charge in [0.05, 0.1) is 31.5 Å². The van der Waals surface area contributed by atoms with Crippen LogP contribution < -0.4 is 18.9 Å². The van der Waals surface area contributed by atoms with Gasteiger partial charge in [-0.25, -0.2) is 4.79 Å². The van der Waals surface area contributed by atoms with Gasteiger partial charge in [-0.1, -0.05) is 54.4 Å². The first-order chi connectivity index (χ1) is 32.4. The molecule has 352 valence electrons. The predicted molar refractivity (Wildman–Crippen MR) is 246 cm³/mol. The van der Waals surface area contributed by atoms with Gasteiger partial charge >= 0.3 is 6.09 Å². The first-order valence-corrected chi connectivity index (χ1v) is 23.4. The molecule has 3 heterocycles. The second-order valence-electron chi connectivity index (χ2n) is 17.5. The van der Waals surface area contributed by atoms with E-state index in [1.165, 1.54) is 0 Å². The Hall–Kier alpha value is -5.67. The first kappa shape index (κ1) is 46.8. The average Bonchev–Trinajstić information content (AvgIpc) is 3.82. The van der Waals surface area contributed by atoms with Crippen LogP contribution in [0.1, 0.15) is 98.0 Å². The van der Waals surface area contributed by atoms with E-state index in [1.807, 2.05) is 36.4 Å².